The molecule has 4 heteroatoms. The van der Waals surface area contributed by atoms with Gasteiger partial charge in [-0.3, -0.25) is 4.79 Å². The number of nitrogens with zero attached hydrogens (tertiary/aromatic N) is 2. The quantitative estimate of drug-likeness (QED) is 0.855. The first-order chi connectivity index (χ1) is 10.8. The lowest BCUT2D eigenvalue weighted by Crippen LogP contribution is -2.42. The summed E-state index contributed by atoms with van der Waals surface area (Å²) in [4.78, 5) is 14.4. The first-order valence-corrected chi connectivity index (χ1v) is 7.24. The highest BCUT2D eigenvalue weighted by Crippen LogP contribution is 2.23. The van der Waals surface area contributed by atoms with Crippen LogP contribution in [0.3, 0.4) is 0 Å². The Morgan fingerprint density at radius 2 is 1.86 bits per heavy atom. The molecular formula is C18H16N2O2. The second-order valence-corrected chi connectivity index (χ2v) is 5.18. The summed E-state index contributed by atoms with van der Waals surface area (Å²) in [6.45, 7) is 1.55. The molecule has 4 nitrogen and oxygen atoms in total. The fourth-order valence-electron chi connectivity index (χ4n) is 2.64. The van der Waals surface area contributed by atoms with Gasteiger partial charge in [0.25, 0.3) is 5.91 Å². The maximum absolute atomic E-state index is 12.7. The van der Waals surface area contributed by atoms with Crippen LogP contribution in [0, 0.1) is 11.3 Å². The largest absolute Gasteiger partial charge is 0.370 e. The van der Waals surface area contributed by atoms with Crippen molar-refractivity contribution in [1.82, 2.24) is 4.90 Å². The molecule has 22 heavy (non-hydrogen) atoms. The van der Waals surface area contributed by atoms with Gasteiger partial charge in [-0.05, 0) is 17.7 Å². The monoisotopic (exact) mass is 292 g/mol. The number of amides is 1. The van der Waals surface area contributed by atoms with Crippen molar-refractivity contribution in [2.24, 2.45) is 0 Å². The number of hydrogen-bond acceptors (Lipinski definition) is 3. The molecule has 110 valence electrons. The SMILES string of the molecule is N#Cc1ccccc1C(=O)N1CCOC(c2ccccc2)C1. The second-order valence-electron chi connectivity index (χ2n) is 5.18. The van der Waals surface area contributed by atoms with E-state index in [0.717, 1.165) is 5.56 Å². The first kappa shape index (κ1) is 14.3. The van der Waals surface area contributed by atoms with Crippen LogP contribution >= 0.6 is 0 Å². The standard InChI is InChI=1S/C18H16N2O2/c19-12-15-8-4-5-9-16(15)18(21)20-10-11-22-17(13-20)14-6-2-1-3-7-14/h1-9,17H,10-11,13H2. The molecule has 2 aromatic carbocycles. The van der Waals surface area contributed by atoms with Crippen molar-refractivity contribution in [3.05, 3.63) is 71.3 Å². The molecule has 1 fully saturated rings. The molecule has 2 aromatic rings. The third-order valence-electron chi connectivity index (χ3n) is 3.80. The number of carbonyl (C=O) groups is 1. The Morgan fingerprint density at radius 1 is 1.14 bits per heavy atom. The van der Waals surface area contributed by atoms with Crippen molar-refractivity contribution in [1.29, 1.82) is 5.26 Å². The third-order valence-corrected chi connectivity index (χ3v) is 3.80. The van der Waals surface area contributed by atoms with Gasteiger partial charge in [0.2, 0.25) is 0 Å². The maximum atomic E-state index is 12.7. The summed E-state index contributed by atoms with van der Waals surface area (Å²) in [6, 6.07) is 18.9. The molecule has 0 bridgehead atoms. The lowest BCUT2D eigenvalue weighted by atomic mass is 10.0. The van der Waals surface area contributed by atoms with E-state index < -0.39 is 0 Å². The van der Waals surface area contributed by atoms with Crippen molar-refractivity contribution < 1.29 is 9.53 Å². The Hall–Kier alpha value is -2.64. The highest BCUT2D eigenvalue weighted by Gasteiger charge is 2.27. The zero-order valence-electron chi connectivity index (χ0n) is 12.1. The van der Waals surface area contributed by atoms with Gasteiger partial charge < -0.3 is 9.64 Å². The van der Waals surface area contributed by atoms with Gasteiger partial charge in [0.15, 0.2) is 0 Å². The maximum Gasteiger partial charge on any atom is 0.255 e. The molecule has 1 saturated heterocycles. The molecular weight excluding hydrogens is 276 g/mol. The van der Waals surface area contributed by atoms with E-state index in [4.69, 9.17) is 10.00 Å². The number of ether oxygens (including phenoxy) is 1. The molecule has 1 aliphatic heterocycles. The summed E-state index contributed by atoms with van der Waals surface area (Å²) in [6.07, 6.45) is -0.117. The van der Waals surface area contributed by atoms with E-state index in [9.17, 15) is 4.79 Å². The highest BCUT2D eigenvalue weighted by atomic mass is 16.5. The van der Waals surface area contributed by atoms with Crippen molar-refractivity contribution in [3.63, 3.8) is 0 Å². The number of nitriles is 1. The van der Waals surface area contributed by atoms with E-state index in [2.05, 4.69) is 6.07 Å². The smallest absolute Gasteiger partial charge is 0.255 e. The van der Waals surface area contributed by atoms with Crippen LogP contribution in [0.4, 0.5) is 0 Å². The van der Waals surface area contributed by atoms with Crippen LogP contribution in [0.1, 0.15) is 27.6 Å². The van der Waals surface area contributed by atoms with Crippen molar-refractivity contribution >= 4 is 5.91 Å². The number of hydrogen-bond donors (Lipinski definition) is 0. The van der Waals surface area contributed by atoms with Crippen molar-refractivity contribution in [3.8, 4) is 6.07 Å². The number of benzene rings is 2. The molecule has 0 spiro atoms. The van der Waals surface area contributed by atoms with Crippen LogP contribution in [0.15, 0.2) is 54.6 Å². The minimum absolute atomic E-state index is 0.110. The summed E-state index contributed by atoms with van der Waals surface area (Å²) in [7, 11) is 0. The number of rotatable bonds is 2. The zero-order chi connectivity index (χ0) is 15.4. The summed E-state index contributed by atoms with van der Waals surface area (Å²) < 4.78 is 5.78. The van der Waals surface area contributed by atoms with Gasteiger partial charge >= 0.3 is 0 Å². The fourth-order valence-corrected chi connectivity index (χ4v) is 2.64. The number of morpholine rings is 1. The molecule has 0 aromatic heterocycles. The van der Waals surface area contributed by atoms with E-state index in [1.807, 2.05) is 30.3 Å². The average molecular weight is 292 g/mol. The highest BCUT2D eigenvalue weighted by molar-refractivity contribution is 5.96. The van der Waals surface area contributed by atoms with Crippen LogP contribution < -0.4 is 0 Å². The van der Waals surface area contributed by atoms with Crippen LogP contribution in [0.5, 0.6) is 0 Å². The van der Waals surface area contributed by atoms with Gasteiger partial charge in [-0.1, -0.05) is 42.5 Å². The summed E-state index contributed by atoms with van der Waals surface area (Å²) >= 11 is 0. The van der Waals surface area contributed by atoms with Gasteiger partial charge in [0, 0.05) is 6.54 Å². The normalized spacial score (nSPS) is 17.8. The molecule has 1 unspecified atom stereocenters. The Bertz CT molecular complexity index is 707. The average Bonchev–Trinajstić information content (AvgIpc) is 2.62. The van der Waals surface area contributed by atoms with Gasteiger partial charge in [-0.25, -0.2) is 0 Å². The van der Waals surface area contributed by atoms with Gasteiger partial charge in [-0.2, -0.15) is 5.26 Å². The molecule has 0 aliphatic carbocycles. The van der Waals surface area contributed by atoms with E-state index in [1.165, 1.54) is 0 Å². The first-order valence-electron chi connectivity index (χ1n) is 7.24. The van der Waals surface area contributed by atoms with Gasteiger partial charge in [0.1, 0.15) is 6.10 Å². The van der Waals surface area contributed by atoms with Gasteiger partial charge in [-0.15, -0.1) is 0 Å². The van der Waals surface area contributed by atoms with Crippen LogP contribution in [0.2, 0.25) is 0 Å². The van der Waals surface area contributed by atoms with Crippen LogP contribution in [0.25, 0.3) is 0 Å². The van der Waals surface area contributed by atoms with E-state index in [-0.39, 0.29) is 12.0 Å². The molecule has 0 N–H and O–H groups in total. The van der Waals surface area contributed by atoms with Crippen LogP contribution in [-0.2, 0) is 4.74 Å². The zero-order valence-corrected chi connectivity index (χ0v) is 12.1. The number of carbonyl (C=O) groups excluding carboxylic acids is 1. The van der Waals surface area contributed by atoms with Gasteiger partial charge in [0.05, 0.1) is 30.3 Å². The predicted octanol–water partition coefficient (Wildman–Crippen LogP) is 2.77. The molecule has 1 atom stereocenters. The summed E-state index contributed by atoms with van der Waals surface area (Å²) in [5.41, 5.74) is 1.93. The van der Waals surface area contributed by atoms with Crippen molar-refractivity contribution in [2.75, 3.05) is 19.7 Å². The Labute approximate surface area is 129 Å². The lowest BCUT2D eigenvalue weighted by Gasteiger charge is -2.33. The van der Waals surface area contributed by atoms with E-state index in [1.54, 1.807) is 29.2 Å². The van der Waals surface area contributed by atoms with E-state index >= 15 is 0 Å². The molecule has 0 saturated carbocycles. The molecule has 3 rings (SSSR count). The minimum Gasteiger partial charge on any atom is -0.370 e. The molecule has 1 aliphatic rings. The topological polar surface area (TPSA) is 53.3 Å². The third kappa shape index (κ3) is 2.85. The lowest BCUT2D eigenvalue weighted by molar-refractivity contribution is -0.0228. The molecule has 1 amide bonds. The Morgan fingerprint density at radius 3 is 2.64 bits per heavy atom. The summed E-state index contributed by atoms with van der Waals surface area (Å²) in [5.74, 6) is -0.110. The molecule has 0 radical (unpaired) electrons. The van der Waals surface area contributed by atoms with Crippen molar-refractivity contribution in [2.45, 2.75) is 6.10 Å². The predicted molar refractivity (Wildman–Crippen MR) is 82.2 cm³/mol. The Balaban J connectivity index is 1.80. The van der Waals surface area contributed by atoms with Crippen LogP contribution in [-0.4, -0.2) is 30.5 Å². The second kappa shape index (κ2) is 6.42. The Kier molecular flexibility index (Phi) is 4.17. The summed E-state index contributed by atoms with van der Waals surface area (Å²) in [5, 5.41) is 9.15. The molecule has 1 heterocycles. The fraction of sp³-hybridized carbons (Fsp3) is 0.222. The minimum atomic E-state index is -0.117. The van der Waals surface area contributed by atoms with E-state index in [0.29, 0.717) is 30.8 Å².